The van der Waals surface area contributed by atoms with Gasteiger partial charge >= 0.3 is 5.76 Å². The summed E-state index contributed by atoms with van der Waals surface area (Å²) in [6.07, 6.45) is 2.06. The number of oxazole rings is 1. The van der Waals surface area contributed by atoms with Crippen molar-refractivity contribution < 1.29 is 9.52 Å². The third-order valence-corrected chi connectivity index (χ3v) is 2.76. The maximum absolute atomic E-state index is 11.1. The van der Waals surface area contributed by atoms with Crippen LogP contribution in [0.15, 0.2) is 39.7 Å². The van der Waals surface area contributed by atoms with Crippen molar-refractivity contribution in [3.63, 3.8) is 0 Å². The molecule has 0 amide bonds. The van der Waals surface area contributed by atoms with Gasteiger partial charge < -0.3 is 9.52 Å². The lowest BCUT2D eigenvalue weighted by atomic mass is 10.1. The van der Waals surface area contributed by atoms with Crippen molar-refractivity contribution in [3.05, 3.63) is 46.8 Å². The van der Waals surface area contributed by atoms with Crippen LogP contribution in [-0.2, 0) is 6.42 Å². The van der Waals surface area contributed by atoms with E-state index < -0.39 is 5.76 Å². The zero-order chi connectivity index (χ0) is 13.2. The molecule has 0 aliphatic carbocycles. The fourth-order valence-electron chi connectivity index (χ4n) is 1.89. The van der Waals surface area contributed by atoms with Gasteiger partial charge in [-0.05, 0) is 24.3 Å². The minimum atomic E-state index is -0.476. The van der Waals surface area contributed by atoms with E-state index in [-0.39, 0.29) is 6.61 Å². The number of hydrogen-bond acceptors (Lipinski definition) is 5. The highest BCUT2D eigenvalue weighted by Crippen LogP contribution is 2.21. The third kappa shape index (κ3) is 2.25. The average molecular weight is 257 g/mol. The highest BCUT2D eigenvalue weighted by atomic mass is 16.4. The number of rotatable bonds is 3. The number of H-pyrrole nitrogens is 1. The molecule has 6 heteroatoms. The summed E-state index contributed by atoms with van der Waals surface area (Å²) in [6, 6.07) is 7.12. The normalized spacial score (nSPS) is 11.0. The van der Waals surface area contributed by atoms with Crippen LogP contribution in [0.1, 0.15) is 5.82 Å². The first-order valence-electron chi connectivity index (χ1n) is 5.82. The summed E-state index contributed by atoms with van der Waals surface area (Å²) in [7, 11) is 0. The molecule has 0 spiro atoms. The molecule has 6 nitrogen and oxygen atoms in total. The standard InChI is InChI=1S/C13H11N3O3/c17-6-4-12-14-5-3-9(15-12)8-1-2-11-10(7-8)16-13(18)19-11/h1-3,5,7,17H,4,6H2,(H,16,18). The van der Waals surface area contributed by atoms with Crippen LogP contribution in [0.3, 0.4) is 0 Å². The van der Waals surface area contributed by atoms with E-state index >= 15 is 0 Å². The van der Waals surface area contributed by atoms with E-state index in [1.807, 2.05) is 6.07 Å². The number of aromatic nitrogens is 3. The SMILES string of the molecule is O=c1[nH]c2cc(-c3ccnc(CCO)n3)ccc2o1. The Kier molecular flexibility index (Phi) is 2.85. The molecule has 19 heavy (non-hydrogen) atoms. The number of nitrogens with one attached hydrogen (secondary N) is 1. The molecular formula is C13H11N3O3. The molecule has 3 aromatic rings. The van der Waals surface area contributed by atoms with E-state index in [9.17, 15) is 4.79 Å². The lowest BCUT2D eigenvalue weighted by molar-refractivity contribution is 0.296. The maximum Gasteiger partial charge on any atom is 0.417 e. The summed E-state index contributed by atoms with van der Waals surface area (Å²) in [6.45, 7) is 0.0114. The van der Waals surface area contributed by atoms with Crippen LogP contribution in [0.5, 0.6) is 0 Å². The summed E-state index contributed by atoms with van der Waals surface area (Å²) in [5.41, 5.74) is 2.73. The number of nitrogens with zero attached hydrogens (tertiary/aromatic N) is 2. The quantitative estimate of drug-likeness (QED) is 0.733. The maximum atomic E-state index is 11.1. The van der Waals surface area contributed by atoms with E-state index in [2.05, 4.69) is 15.0 Å². The van der Waals surface area contributed by atoms with Crippen LogP contribution in [0, 0.1) is 0 Å². The first kappa shape index (κ1) is 11.6. The minimum Gasteiger partial charge on any atom is -0.408 e. The smallest absolute Gasteiger partial charge is 0.408 e. The first-order chi connectivity index (χ1) is 9.26. The third-order valence-electron chi connectivity index (χ3n) is 2.76. The van der Waals surface area contributed by atoms with Crippen molar-refractivity contribution in [2.75, 3.05) is 6.61 Å². The summed E-state index contributed by atoms with van der Waals surface area (Å²) < 4.78 is 4.94. The van der Waals surface area contributed by atoms with Crippen molar-refractivity contribution in [2.45, 2.75) is 6.42 Å². The topological polar surface area (TPSA) is 92.0 Å². The highest BCUT2D eigenvalue weighted by Gasteiger charge is 2.06. The Labute approximate surface area is 107 Å². The average Bonchev–Trinajstić information content (AvgIpc) is 2.78. The predicted molar refractivity (Wildman–Crippen MR) is 68.7 cm³/mol. The molecule has 0 unspecified atom stereocenters. The zero-order valence-corrected chi connectivity index (χ0v) is 9.96. The number of aromatic amines is 1. The fraction of sp³-hybridized carbons (Fsp3) is 0.154. The van der Waals surface area contributed by atoms with Gasteiger partial charge in [0.2, 0.25) is 0 Å². The van der Waals surface area contributed by atoms with E-state index in [0.717, 1.165) is 11.3 Å². The van der Waals surface area contributed by atoms with E-state index in [4.69, 9.17) is 9.52 Å². The van der Waals surface area contributed by atoms with Crippen molar-refractivity contribution >= 4 is 11.1 Å². The summed E-state index contributed by atoms with van der Waals surface area (Å²) >= 11 is 0. The molecule has 0 radical (unpaired) electrons. The number of hydrogen-bond donors (Lipinski definition) is 2. The number of aliphatic hydroxyl groups is 1. The van der Waals surface area contributed by atoms with Crippen LogP contribution in [-0.4, -0.2) is 26.7 Å². The van der Waals surface area contributed by atoms with Gasteiger partial charge in [-0.2, -0.15) is 0 Å². The van der Waals surface area contributed by atoms with Crippen molar-refractivity contribution in [2.24, 2.45) is 0 Å². The molecule has 2 N–H and O–H groups in total. The van der Waals surface area contributed by atoms with E-state index in [0.29, 0.717) is 23.3 Å². The van der Waals surface area contributed by atoms with Crippen LogP contribution >= 0.6 is 0 Å². The fourth-order valence-corrected chi connectivity index (χ4v) is 1.89. The van der Waals surface area contributed by atoms with Gasteiger partial charge in [0.1, 0.15) is 5.82 Å². The van der Waals surface area contributed by atoms with Crippen LogP contribution in [0.2, 0.25) is 0 Å². The van der Waals surface area contributed by atoms with Gasteiger partial charge in [0.15, 0.2) is 5.58 Å². The monoisotopic (exact) mass is 257 g/mol. The number of benzene rings is 1. The second-order valence-electron chi connectivity index (χ2n) is 4.06. The molecule has 0 bridgehead atoms. The molecule has 0 saturated carbocycles. The van der Waals surface area contributed by atoms with Crippen LogP contribution in [0.25, 0.3) is 22.4 Å². The summed E-state index contributed by atoms with van der Waals surface area (Å²) in [4.78, 5) is 22.1. The molecule has 0 atom stereocenters. The summed E-state index contributed by atoms with van der Waals surface area (Å²) in [5, 5.41) is 8.89. The first-order valence-corrected chi connectivity index (χ1v) is 5.82. The second kappa shape index (κ2) is 4.66. The van der Waals surface area contributed by atoms with Crippen LogP contribution in [0.4, 0.5) is 0 Å². The van der Waals surface area contributed by atoms with Gasteiger partial charge in [0.05, 0.1) is 17.8 Å². The Bertz CT molecular complexity index is 776. The van der Waals surface area contributed by atoms with Crippen molar-refractivity contribution in [3.8, 4) is 11.3 Å². The van der Waals surface area contributed by atoms with Gasteiger partial charge in [-0.1, -0.05) is 0 Å². The van der Waals surface area contributed by atoms with Gasteiger partial charge in [-0.25, -0.2) is 14.8 Å². The molecule has 0 aliphatic rings. The van der Waals surface area contributed by atoms with Gasteiger partial charge in [-0.3, -0.25) is 4.98 Å². The lowest BCUT2D eigenvalue weighted by Crippen LogP contribution is -1.99. The largest absolute Gasteiger partial charge is 0.417 e. The predicted octanol–water partition coefficient (Wildman–Crippen LogP) is 1.11. The molecule has 0 aliphatic heterocycles. The number of aliphatic hydroxyl groups excluding tert-OH is 1. The Morgan fingerprint density at radius 1 is 1.32 bits per heavy atom. The molecule has 96 valence electrons. The Balaban J connectivity index is 2.07. The van der Waals surface area contributed by atoms with E-state index in [1.165, 1.54) is 0 Å². The summed E-state index contributed by atoms with van der Waals surface area (Å²) in [5.74, 6) is 0.108. The van der Waals surface area contributed by atoms with Crippen molar-refractivity contribution in [1.82, 2.24) is 15.0 Å². The van der Waals surface area contributed by atoms with Gasteiger partial charge in [-0.15, -0.1) is 0 Å². The second-order valence-corrected chi connectivity index (χ2v) is 4.06. The molecule has 2 heterocycles. The number of fused-ring (bicyclic) bond motifs is 1. The zero-order valence-electron chi connectivity index (χ0n) is 9.96. The Hall–Kier alpha value is -2.47. The molecule has 1 aromatic carbocycles. The Morgan fingerprint density at radius 3 is 3.05 bits per heavy atom. The molecule has 2 aromatic heterocycles. The van der Waals surface area contributed by atoms with Crippen LogP contribution < -0.4 is 5.76 Å². The highest BCUT2D eigenvalue weighted by molar-refractivity contribution is 5.78. The molecule has 3 rings (SSSR count). The van der Waals surface area contributed by atoms with Gasteiger partial charge in [0, 0.05) is 18.2 Å². The van der Waals surface area contributed by atoms with Gasteiger partial charge in [0.25, 0.3) is 0 Å². The van der Waals surface area contributed by atoms with E-state index in [1.54, 1.807) is 24.4 Å². The Morgan fingerprint density at radius 2 is 2.21 bits per heavy atom. The lowest BCUT2D eigenvalue weighted by Gasteiger charge is -2.02. The molecule has 0 saturated heterocycles. The molecule has 0 fully saturated rings. The molecular weight excluding hydrogens is 246 g/mol. The van der Waals surface area contributed by atoms with Crippen molar-refractivity contribution in [1.29, 1.82) is 0 Å². The minimum absolute atomic E-state index is 0.0114.